The summed E-state index contributed by atoms with van der Waals surface area (Å²) in [6.07, 6.45) is 5.80. The maximum Gasteiger partial charge on any atom is 0.304 e. The van der Waals surface area contributed by atoms with E-state index in [1.165, 1.54) is 18.4 Å². The lowest BCUT2D eigenvalue weighted by atomic mass is 9.56. The van der Waals surface area contributed by atoms with Crippen LogP contribution in [0, 0.1) is 17.3 Å². The molecule has 4 heteroatoms. The van der Waals surface area contributed by atoms with Crippen molar-refractivity contribution in [3.8, 4) is 0 Å². The van der Waals surface area contributed by atoms with Crippen molar-refractivity contribution < 1.29 is 12.6 Å². The van der Waals surface area contributed by atoms with Gasteiger partial charge < -0.3 is 0 Å². The van der Waals surface area contributed by atoms with Crippen LogP contribution in [-0.4, -0.2) is 16.9 Å². The third kappa shape index (κ3) is 1.90. The predicted molar refractivity (Wildman–Crippen MR) is 66.3 cm³/mol. The zero-order chi connectivity index (χ0) is 12.0. The maximum absolute atomic E-state index is 11.3. The molecule has 0 aromatic rings. The van der Waals surface area contributed by atoms with Crippen LogP contribution in [0.2, 0.25) is 0 Å². The average Bonchev–Trinajstić information content (AvgIpc) is 2.30. The molecule has 0 amide bonds. The summed E-state index contributed by atoms with van der Waals surface area (Å²) >= 11 is -1.52. The van der Waals surface area contributed by atoms with Crippen molar-refractivity contribution in [2.24, 2.45) is 17.3 Å². The Morgan fingerprint density at radius 3 is 3.06 bits per heavy atom. The van der Waals surface area contributed by atoms with E-state index in [1.54, 1.807) is 0 Å². The zero-order valence-corrected chi connectivity index (χ0v) is 11.1. The molecule has 0 N–H and O–H groups in total. The lowest BCUT2D eigenvalue weighted by molar-refractivity contribution is -0.109. The zero-order valence-electron chi connectivity index (χ0n) is 10.3. The molecule has 5 atom stereocenters. The van der Waals surface area contributed by atoms with Gasteiger partial charge in [-0.2, -0.15) is 4.21 Å². The molecule has 2 saturated carbocycles. The van der Waals surface area contributed by atoms with E-state index in [0.717, 1.165) is 25.2 Å². The van der Waals surface area contributed by atoms with Gasteiger partial charge in [0.1, 0.15) is 0 Å². The molecule has 0 spiro atoms. The van der Waals surface area contributed by atoms with Crippen LogP contribution in [0.25, 0.3) is 0 Å². The van der Waals surface area contributed by atoms with Crippen molar-refractivity contribution in [2.75, 3.05) is 6.61 Å². The van der Waals surface area contributed by atoms with Gasteiger partial charge in [0.2, 0.25) is 0 Å². The van der Waals surface area contributed by atoms with Gasteiger partial charge in [0, 0.05) is 5.41 Å². The molecule has 1 saturated heterocycles. The Labute approximate surface area is 105 Å². The Kier molecular flexibility index (Phi) is 2.92. The smallest absolute Gasteiger partial charge is 0.268 e. The van der Waals surface area contributed by atoms with Crippen LogP contribution in [0.4, 0.5) is 0 Å². The van der Waals surface area contributed by atoms with Crippen LogP contribution in [0.1, 0.15) is 39.0 Å². The van der Waals surface area contributed by atoms with Crippen LogP contribution in [0.3, 0.4) is 0 Å². The van der Waals surface area contributed by atoms with Crippen LogP contribution in [0.5, 0.6) is 0 Å². The second-order valence-corrected chi connectivity index (χ2v) is 6.83. The summed E-state index contributed by atoms with van der Waals surface area (Å²) in [5, 5.41) is 0. The molecule has 17 heavy (non-hydrogen) atoms. The van der Waals surface area contributed by atoms with Crippen molar-refractivity contribution in [2.45, 2.75) is 45.1 Å². The molecule has 5 unspecified atom stereocenters. The first-order valence-electron chi connectivity index (χ1n) is 6.48. The monoisotopic (exact) mass is 256 g/mol. The summed E-state index contributed by atoms with van der Waals surface area (Å²) in [6.45, 7) is 6.96. The topological polar surface area (TPSA) is 35.5 Å². The van der Waals surface area contributed by atoms with Crippen LogP contribution < -0.4 is 0 Å². The van der Waals surface area contributed by atoms with Crippen molar-refractivity contribution in [3.05, 3.63) is 12.2 Å². The molecule has 0 aromatic heterocycles. The molecule has 3 nitrogen and oxygen atoms in total. The molecule has 0 aromatic carbocycles. The molecule has 1 aliphatic heterocycles. The summed E-state index contributed by atoms with van der Waals surface area (Å²) in [5.74, 6) is 1.38. The first kappa shape index (κ1) is 11.9. The third-order valence-corrected chi connectivity index (χ3v) is 5.67. The van der Waals surface area contributed by atoms with E-state index in [4.69, 9.17) is 8.37 Å². The van der Waals surface area contributed by atoms with Crippen molar-refractivity contribution in [1.29, 1.82) is 0 Å². The number of allylic oxidation sites excluding steroid dienone is 1. The molecule has 3 rings (SSSR count). The molecular weight excluding hydrogens is 236 g/mol. The fourth-order valence-corrected chi connectivity index (χ4v) is 4.88. The van der Waals surface area contributed by atoms with Crippen LogP contribution in [-0.2, 0) is 19.7 Å². The summed E-state index contributed by atoms with van der Waals surface area (Å²) in [5.41, 5.74) is 1.45. The first-order chi connectivity index (χ1) is 8.09. The number of hydrogen-bond donors (Lipinski definition) is 0. The third-order valence-electron chi connectivity index (χ3n) is 4.97. The lowest BCUT2D eigenvalue weighted by Gasteiger charge is -2.53. The Hall–Kier alpha value is -0.190. The van der Waals surface area contributed by atoms with Gasteiger partial charge >= 0.3 is 11.4 Å². The fraction of sp³-hybridized carbons (Fsp3) is 0.846. The van der Waals surface area contributed by atoms with Gasteiger partial charge in [-0.1, -0.05) is 19.1 Å². The van der Waals surface area contributed by atoms with E-state index < -0.39 is 11.4 Å². The Morgan fingerprint density at radius 2 is 2.24 bits per heavy atom. The standard InChI is InChI=1S/C13H20O3S/c1-9-3-5-11-10(7-9)4-6-12-13(11,2)8-15-17(14)16-12/h10-12H,1,3-8H2,2H3. The highest BCUT2D eigenvalue weighted by Crippen LogP contribution is 2.54. The van der Waals surface area contributed by atoms with E-state index in [0.29, 0.717) is 12.5 Å². The molecule has 96 valence electrons. The number of fused-ring (bicyclic) bond motifs is 3. The van der Waals surface area contributed by atoms with E-state index in [9.17, 15) is 4.21 Å². The van der Waals surface area contributed by atoms with Crippen molar-refractivity contribution in [1.82, 2.24) is 0 Å². The summed E-state index contributed by atoms with van der Waals surface area (Å²) in [7, 11) is 0. The van der Waals surface area contributed by atoms with Crippen molar-refractivity contribution >= 4 is 11.4 Å². The highest BCUT2D eigenvalue weighted by molar-refractivity contribution is 7.75. The van der Waals surface area contributed by atoms with Gasteiger partial charge in [0.15, 0.2) is 0 Å². The van der Waals surface area contributed by atoms with Gasteiger partial charge in [0.25, 0.3) is 0 Å². The van der Waals surface area contributed by atoms with Crippen LogP contribution >= 0.6 is 0 Å². The van der Waals surface area contributed by atoms with E-state index in [2.05, 4.69) is 13.5 Å². The Morgan fingerprint density at radius 1 is 1.41 bits per heavy atom. The minimum absolute atomic E-state index is 0.0531. The second kappa shape index (κ2) is 4.18. The fourth-order valence-electron chi connectivity index (χ4n) is 3.97. The minimum atomic E-state index is -1.52. The van der Waals surface area contributed by atoms with Crippen molar-refractivity contribution in [3.63, 3.8) is 0 Å². The van der Waals surface area contributed by atoms with Gasteiger partial charge in [0.05, 0.1) is 12.7 Å². The molecule has 3 aliphatic rings. The van der Waals surface area contributed by atoms with Crippen LogP contribution in [0.15, 0.2) is 12.2 Å². The largest absolute Gasteiger partial charge is 0.304 e. The molecule has 0 radical (unpaired) electrons. The SMILES string of the molecule is C=C1CCC2C(CCC3OS(=O)OCC32C)C1. The predicted octanol–water partition coefficient (Wildman–Crippen LogP) is 2.75. The average molecular weight is 256 g/mol. The Balaban J connectivity index is 1.84. The number of rotatable bonds is 0. The quantitative estimate of drug-likeness (QED) is 0.625. The highest BCUT2D eigenvalue weighted by atomic mass is 32.2. The van der Waals surface area contributed by atoms with Gasteiger partial charge in [-0.25, -0.2) is 0 Å². The van der Waals surface area contributed by atoms with Gasteiger partial charge in [-0.15, -0.1) is 0 Å². The highest BCUT2D eigenvalue weighted by Gasteiger charge is 2.53. The van der Waals surface area contributed by atoms with Gasteiger partial charge in [-0.05, 0) is 43.9 Å². The summed E-state index contributed by atoms with van der Waals surface area (Å²) < 4.78 is 22.1. The Bertz CT molecular complexity index is 368. The van der Waals surface area contributed by atoms with E-state index >= 15 is 0 Å². The summed E-state index contributed by atoms with van der Waals surface area (Å²) in [6, 6.07) is 0. The van der Waals surface area contributed by atoms with Gasteiger partial charge in [-0.3, -0.25) is 8.37 Å². The lowest BCUT2D eigenvalue weighted by Crippen LogP contribution is -2.54. The van der Waals surface area contributed by atoms with E-state index in [-0.39, 0.29) is 11.5 Å². The normalized spacial score (nSPS) is 50.5. The molecule has 3 fully saturated rings. The minimum Gasteiger partial charge on any atom is -0.268 e. The van der Waals surface area contributed by atoms with E-state index in [1.807, 2.05) is 0 Å². The maximum atomic E-state index is 11.3. The summed E-state index contributed by atoms with van der Waals surface area (Å²) in [4.78, 5) is 0. The second-order valence-electron chi connectivity index (χ2n) is 5.99. The molecule has 1 heterocycles. The molecular formula is C13H20O3S. The number of hydrogen-bond acceptors (Lipinski definition) is 3. The first-order valence-corrected chi connectivity index (χ1v) is 7.48. The molecule has 2 aliphatic carbocycles. The molecule has 0 bridgehead atoms.